The molecule has 0 aromatic heterocycles. The predicted octanol–water partition coefficient (Wildman–Crippen LogP) is 2.29. The molecular formula is C16H24N2O4. The monoisotopic (exact) mass is 308 g/mol. The Morgan fingerprint density at radius 2 is 1.86 bits per heavy atom. The van der Waals surface area contributed by atoms with E-state index in [2.05, 4.69) is 5.32 Å². The maximum Gasteiger partial charge on any atom is 0.243 e. The molecule has 6 heteroatoms. The number of anilines is 1. The van der Waals surface area contributed by atoms with Gasteiger partial charge in [0.25, 0.3) is 0 Å². The van der Waals surface area contributed by atoms with E-state index in [9.17, 15) is 9.59 Å². The van der Waals surface area contributed by atoms with E-state index < -0.39 is 0 Å². The first kappa shape index (κ1) is 17.8. The smallest absolute Gasteiger partial charge is 0.243 e. The number of rotatable bonds is 8. The van der Waals surface area contributed by atoms with Gasteiger partial charge in [0.1, 0.15) is 0 Å². The van der Waals surface area contributed by atoms with Crippen molar-refractivity contribution >= 4 is 17.5 Å². The third kappa shape index (κ3) is 5.27. The molecule has 0 saturated carbocycles. The largest absolute Gasteiger partial charge is 0.493 e. The van der Waals surface area contributed by atoms with Crippen LogP contribution in [0.15, 0.2) is 18.2 Å². The topological polar surface area (TPSA) is 67.9 Å². The Kier molecular flexibility index (Phi) is 7.22. The molecule has 0 aliphatic heterocycles. The molecule has 6 nitrogen and oxygen atoms in total. The molecule has 0 fully saturated rings. The molecule has 0 saturated heterocycles. The van der Waals surface area contributed by atoms with Gasteiger partial charge < -0.3 is 19.7 Å². The van der Waals surface area contributed by atoms with Gasteiger partial charge in [0.15, 0.2) is 11.5 Å². The van der Waals surface area contributed by atoms with Crippen LogP contribution in [0.5, 0.6) is 11.5 Å². The molecule has 0 unspecified atom stereocenters. The van der Waals surface area contributed by atoms with Crippen molar-refractivity contribution < 1.29 is 19.1 Å². The van der Waals surface area contributed by atoms with Crippen LogP contribution in [-0.2, 0) is 9.59 Å². The quantitative estimate of drug-likeness (QED) is 0.800. The van der Waals surface area contributed by atoms with Gasteiger partial charge in [0.05, 0.1) is 20.8 Å². The molecule has 22 heavy (non-hydrogen) atoms. The van der Waals surface area contributed by atoms with E-state index in [0.29, 0.717) is 23.7 Å². The summed E-state index contributed by atoms with van der Waals surface area (Å²) in [4.78, 5) is 25.1. The summed E-state index contributed by atoms with van der Waals surface area (Å²) in [7, 11) is 3.08. The summed E-state index contributed by atoms with van der Waals surface area (Å²) in [6.07, 6.45) is 1.85. The highest BCUT2D eigenvalue weighted by Crippen LogP contribution is 2.29. The summed E-state index contributed by atoms with van der Waals surface area (Å²) in [5, 5.41) is 2.76. The molecule has 0 radical (unpaired) electrons. The summed E-state index contributed by atoms with van der Waals surface area (Å²) >= 11 is 0. The van der Waals surface area contributed by atoms with E-state index in [4.69, 9.17) is 9.47 Å². The first-order chi connectivity index (χ1) is 10.5. The molecule has 0 heterocycles. The fourth-order valence-electron chi connectivity index (χ4n) is 1.98. The number of amides is 2. The Labute approximate surface area is 131 Å². The van der Waals surface area contributed by atoms with Crippen LogP contribution in [0, 0.1) is 0 Å². The number of ether oxygens (including phenoxy) is 2. The van der Waals surface area contributed by atoms with Crippen LogP contribution in [0.1, 0.15) is 26.7 Å². The number of nitrogens with one attached hydrogen (secondary N) is 1. The molecule has 0 spiro atoms. The maximum atomic E-state index is 12.1. The zero-order chi connectivity index (χ0) is 16.5. The Morgan fingerprint density at radius 3 is 2.41 bits per heavy atom. The number of benzene rings is 1. The Bertz CT molecular complexity index is 517. The van der Waals surface area contributed by atoms with Crippen molar-refractivity contribution in [2.45, 2.75) is 26.7 Å². The molecule has 1 aromatic rings. The minimum absolute atomic E-state index is 0.0453. The van der Waals surface area contributed by atoms with E-state index in [1.165, 1.54) is 14.0 Å². The van der Waals surface area contributed by atoms with Crippen molar-refractivity contribution in [3.63, 3.8) is 0 Å². The second-order valence-corrected chi connectivity index (χ2v) is 4.91. The molecule has 0 aliphatic rings. The number of unbranched alkanes of at least 4 members (excludes halogenated alkanes) is 1. The normalized spacial score (nSPS) is 10.0. The van der Waals surface area contributed by atoms with E-state index in [1.807, 2.05) is 6.92 Å². The van der Waals surface area contributed by atoms with E-state index in [0.717, 1.165) is 12.8 Å². The highest BCUT2D eigenvalue weighted by molar-refractivity contribution is 5.94. The van der Waals surface area contributed by atoms with Gasteiger partial charge in [-0.15, -0.1) is 0 Å². The first-order valence-electron chi connectivity index (χ1n) is 7.29. The van der Waals surface area contributed by atoms with E-state index in [-0.39, 0.29) is 18.4 Å². The van der Waals surface area contributed by atoms with Crippen LogP contribution in [0.25, 0.3) is 0 Å². The lowest BCUT2D eigenvalue weighted by molar-refractivity contribution is -0.132. The lowest BCUT2D eigenvalue weighted by atomic mass is 10.2. The fourth-order valence-corrected chi connectivity index (χ4v) is 1.98. The minimum atomic E-state index is -0.237. The minimum Gasteiger partial charge on any atom is -0.493 e. The van der Waals surface area contributed by atoms with Crippen molar-refractivity contribution in [3.05, 3.63) is 18.2 Å². The molecule has 0 atom stereocenters. The van der Waals surface area contributed by atoms with Crippen molar-refractivity contribution in [2.24, 2.45) is 0 Å². The van der Waals surface area contributed by atoms with Gasteiger partial charge in [-0.3, -0.25) is 9.59 Å². The summed E-state index contributed by atoms with van der Waals surface area (Å²) in [5.74, 6) is 0.790. The number of carbonyl (C=O) groups excluding carboxylic acids is 2. The molecule has 2 amide bonds. The average Bonchev–Trinajstić information content (AvgIpc) is 2.50. The van der Waals surface area contributed by atoms with Crippen LogP contribution in [0.2, 0.25) is 0 Å². The van der Waals surface area contributed by atoms with Crippen LogP contribution >= 0.6 is 0 Å². The van der Waals surface area contributed by atoms with Crippen LogP contribution in [0.3, 0.4) is 0 Å². The van der Waals surface area contributed by atoms with Gasteiger partial charge in [0, 0.05) is 25.2 Å². The Morgan fingerprint density at radius 1 is 1.18 bits per heavy atom. The summed E-state index contributed by atoms with van der Waals surface area (Å²) in [6, 6.07) is 5.12. The summed E-state index contributed by atoms with van der Waals surface area (Å²) in [6.45, 7) is 4.15. The number of hydrogen-bond acceptors (Lipinski definition) is 4. The molecule has 1 N–H and O–H groups in total. The van der Waals surface area contributed by atoms with Gasteiger partial charge in [-0.25, -0.2) is 0 Å². The number of methoxy groups -OCH3 is 2. The number of carbonyl (C=O) groups is 2. The first-order valence-corrected chi connectivity index (χ1v) is 7.29. The van der Waals surface area contributed by atoms with Gasteiger partial charge in [-0.1, -0.05) is 13.3 Å². The van der Waals surface area contributed by atoms with Gasteiger partial charge in [0.2, 0.25) is 11.8 Å². The van der Waals surface area contributed by atoms with Crippen LogP contribution in [0.4, 0.5) is 5.69 Å². The third-order valence-corrected chi connectivity index (χ3v) is 3.23. The standard InChI is InChI=1S/C16H24N2O4/c1-5-6-9-18(12(2)19)11-16(20)17-13-7-8-14(21-3)15(10-13)22-4/h7-8,10H,5-6,9,11H2,1-4H3,(H,17,20). The van der Waals surface area contributed by atoms with Gasteiger partial charge in [-0.2, -0.15) is 0 Å². The van der Waals surface area contributed by atoms with Crippen LogP contribution in [-0.4, -0.2) is 44.0 Å². The second-order valence-electron chi connectivity index (χ2n) is 4.91. The zero-order valence-electron chi connectivity index (χ0n) is 13.6. The number of hydrogen-bond donors (Lipinski definition) is 1. The van der Waals surface area contributed by atoms with E-state index in [1.54, 1.807) is 30.2 Å². The molecule has 1 rings (SSSR count). The summed E-state index contributed by atoms with van der Waals surface area (Å²) < 4.78 is 10.3. The summed E-state index contributed by atoms with van der Waals surface area (Å²) in [5.41, 5.74) is 0.599. The highest BCUT2D eigenvalue weighted by atomic mass is 16.5. The zero-order valence-corrected chi connectivity index (χ0v) is 13.6. The third-order valence-electron chi connectivity index (χ3n) is 3.23. The second kappa shape index (κ2) is 8.92. The molecule has 122 valence electrons. The average molecular weight is 308 g/mol. The maximum absolute atomic E-state index is 12.1. The SMILES string of the molecule is CCCCN(CC(=O)Nc1ccc(OC)c(OC)c1)C(C)=O. The van der Waals surface area contributed by atoms with Crippen molar-refractivity contribution in [1.82, 2.24) is 4.90 Å². The van der Waals surface area contributed by atoms with Crippen molar-refractivity contribution in [3.8, 4) is 11.5 Å². The van der Waals surface area contributed by atoms with Crippen molar-refractivity contribution in [2.75, 3.05) is 32.6 Å². The lowest BCUT2D eigenvalue weighted by Gasteiger charge is -2.20. The highest BCUT2D eigenvalue weighted by Gasteiger charge is 2.14. The van der Waals surface area contributed by atoms with Crippen LogP contribution < -0.4 is 14.8 Å². The Balaban J connectivity index is 2.69. The van der Waals surface area contributed by atoms with Gasteiger partial charge in [-0.05, 0) is 18.6 Å². The fraction of sp³-hybridized carbons (Fsp3) is 0.500. The van der Waals surface area contributed by atoms with E-state index >= 15 is 0 Å². The predicted molar refractivity (Wildman–Crippen MR) is 85.3 cm³/mol. The molecule has 1 aromatic carbocycles. The molecular weight excluding hydrogens is 284 g/mol. The Hall–Kier alpha value is -2.24. The number of nitrogens with zero attached hydrogens (tertiary/aromatic N) is 1. The molecule has 0 bridgehead atoms. The lowest BCUT2D eigenvalue weighted by Crippen LogP contribution is -2.37. The molecule has 0 aliphatic carbocycles. The van der Waals surface area contributed by atoms with Crippen molar-refractivity contribution in [1.29, 1.82) is 0 Å². The van der Waals surface area contributed by atoms with Gasteiger partial charge >= 0.3 is 0 Å².